The standard InChI is InChI=1S/C15H17N3O3/c1-4-21-15(20)16-9-13-11(3)17-18(14(13)19)12-7-5-10(2)6-8-12/h5-9,17H,4H2,1-3H3/b16-9+. The molecule has 0 atom stereocenters. The van der Waals surface area contributed by atoms with Crippen molar-refractivity contribution < 1.29 is 9.53 Å². The largest absolute Gasteiger partial charge is 0.448 e. The van der Waals surface area contributed by atoms with Gasteiger partial charge >= 0.3 is 6.09 Å². The molecule has 6 heteroatoms. The van der Waals surface area contributed by atoms with E-state index in [-0.39, 0.29) is 12.2 Å². The number of ether oxygens (including phenoxy) is 1. The van der Waals surface area contributed by atoms with Crippen molar-refractivity contribution in [1.29, 1.82) is 0 Å². The van der Waals surface area contributed by atoms with Gasteiger partial charge in [0.15, 0.2) is 0 Å². The molecule has 0 fully saturated rings. The Morgan fingerprint density at radius 3 is 2.62 bits per heavy atom. The van der Waals surface area contributed by atoms with Crippen LogP contribution in [-0.2, 0) is 4.74 Å². The maximum absolute atomic E-state index is 12.3. The van der Waals surface area contributed by atoms with Crippen LogP contribution in [0.4, 0.5) is 4.79 Å². The minimum Gasteiger partial charge on any atom is -0.448 e. The molecule has 2 rings (SSSR count). The first-order chi connectivity index (χ1) is 10.0. The molecule has 2 aromatic rings. The number of amides is 1. The Balaban J connectivity index is 2.36. The van der Waals surface area contributed by atoms with Gasteiger partial charge < -0.3 is 4.74 Å². The van der Waals surface area contributed by atoms with Crippen molar-refractivity contribution in [3.63, 3.8) is 0 Å². The molecular formula is C15H17N3O3. The number of H-pyrrole nitrogens is 1. The van der Waals surface area contributed by atoms with Crippen molar-refractivity contribution in [3.8, 4) is 5.69 Å². The van der Waals surface area contributed by atoms with Crippen molar-refractivity contribution in [2.24, 2.45) is 4.99 Å². The maximum atomic E-state index is 12.3. The number of rotatable bonds is 3. The normalized spacial score (nSPS) is 11.0. The maximum Gasteiger partial charge on any atom is 0.433 e. The highest BCUT2D eigenvalue weighted by Gasteiger charge is 2.11. The number of hydrogen-bond acceptors (Lipinski definition) is 3. The second-order valence-electron chi connectivity index (χ2n) is 4.58. The van der Waals surface area contributed by atoms with Crippen LogP contribution in [-0.4, -0.2) is 28.7 Å². The van der Waals surface area contributed by atoms with Crippen molar-refractivity contribution in [2.75, 3.05) is 6.61 Å². The van der Waals surface area contributed by atoms with Crippen molar-refractivity contribution >= 4 is 12.3 Å². The van der Waals surface area contributed by atoms with Gasteiger partial charge in [-0.25, -0.2) is 9.48 Å². The average Bonchev–Trinajstić information content (AvgIpc) is 2.73. The summed E-state index contributed by atoms with van der Waals surface area (Å²) in [6, 6.07) is 7.53. The molecule has 0 unspecified atom stereocenters. The number of carbonyl (C=O) groups is 1. The molecule has 0 saturated heterocycles. The fourth-order valence-corrected chi connectivity index (χ4v) is 1.87. The molecule has 1 aromatic carbocycles. The van der Waals surface area contributed by atoms with E-state index in [9.17, 15) is 9.59 Å². The van der Waals surface area contributed by atoms with Crippen LogP contribution in [0.25, 0.3) is 5.69 Å². The number of aliphatic imine (C=N–C) groups is 1. The van der Waals surface area contributed by atoms with Crippen LogP contribution in [0, 0.1) is 13.8 Å². The first-order valence-electron chi connectivity index (χ1n) is 6.62. The number of hydrogen-bond donors (Lipinski definition) is 1. The van der Waals surface area contributed by atoms with Gasteiger partial charge in [0.1, 0.15) is 0 Å². The van der Waals surface area contributed by atoms with Crippen molar-refractivity contribution in [1.82, 2.24) is 9.78 Å². The van der Waals surface area contributed by atoms with Gasteiger partial charge in [0.05, 0.1) is 17.9 Å². The van der Waals surface area contributed by atoms with E-state index in [1.54, 1.807) is 13.8 Å². The SMILES string of the molecule is CCOC(=O)/N=C/c1c(C)[nH]n(-c2ccc(C)cc2)c1=O. The third-order valence-corrected chi connectivity index (χ3v) is 2.98. The highest BCUT2D eigenvalue weighted by Crippen LogP contribution is 2.08. The molecule has 1 N–H and O–H groups in total. The Kier molecular flexibility index (Phi) is 4.37. The van der Waals surface area contributed by atoms with Crippen LogP contribution in [0.1, 0.15) is 23.7 Å². The van der Waals surface area contributed by atoms with Gasteiger partial charge in [-0.1, -0.05) is 17.7 Å². The zero-order valence-corrected chi connectivity index (χ0v) is 12.2. The van der Waals surface area contributed by atoms with E-state index in [0.29, 0.717) is 11.3 Å². The van der Waals surface area contributed by atoms with Gasteiger partial charge in [0, 0.05) is 11.9 Å². The molecule has 110 valence electrons. The molecule has 1 aromatic heterocycles. The fourth-order valence-electron chi connectivity index (χ4n) is 1.87. The molecule has 1 heterocycles. The lowest BCUT2D eigenvalue weighted by molar-refractivity contribution is 0.163. The average molecular weight is 287 g/mol. The fraction of sp³-hybridized carbons (Fsp3) is 0.267. The Morgan fingerprint density at radius 1 is 1.33 bits per heavy atom. The van der Waals surface area contributed by atoms with E-state index in [0.717, 1.165) is 11.3 Å². The Morgan fingerprint density at radius 2 is 2.00 bits per heavy atom. The van der Waals surface area contributed by atoms with Gasteiger partial charge in [-0.2, -0.15) is 4.99 Å². The van der Waals surface area contributed by atoms with Crippen molar-refractivity contribution in [3.05, 3.63) is 51.4 Å². The molecule has 0 aliphatic carbocycles. The third-order valence-electron chi connectivity index (χ3n) is 2.98. The summed E-state index contributed by atoms with van der Waals surface area (Å²) in [4.78, 5) is 27.2. The molecule has 0 bridgehead atoms. The summed E-state index contributed by atoms with van der Waals surface area (Å²) in [7, 11) is 0. The van der Waals surface area contributed by atoms with E-state index in [1.165, 1.54) is 10.9 Å². The predicted molar refractivity (Wildman–Crippen MR) is 80.5 cm³/mol. The minimum absolute atomic E-state index is 0.246. The van der Waals surface area contributed by atoms with Crippen LogP contribution in [0.3, 0.4) is 0 Å². The minimum atomic E-state index is -0.709. The summed E-state index contributed by atoms with van der Waals surface area (Å²) in [6.45, 7) is 5.66. The van der Waals surface area contributed by atoms with E-state index < -0.39 is 6.09 Å². The number of aryl methyl sites for hydroxylation is 2. The van der Waals surface area contributed by atoms with E-state index in [4.69, 9.17) is 4.74 Å². The lowest BCUT2D eigenvalue weighted by atomic mass is 10.2. The van der Waals surface area contributed by atoms with Crippen LogP contribution in [0.2, 0.25) is 0 Å². The van der Waals surface area contributed by atoms with Crippen LogP contribution in [0.5, 0.6) is 0 Å². The number of nitrogens with one attached hydrogen (secondary N) is 1. The van der Waals surface area contributed by atoms with E-state index in [1.807, 2.05) is 31.2 Å². The second kappa shape index (κ2) is 6.21. The molecule has 0 saturated carbocycles. The van der Waals surface area contributed by atoms with Gasteiger partial charge in [0.25, 0.3) is 5.56 Å². The quantitative estimate of drug-likeness (QED) is 0.880. The summed E-state index contributed by atoms with van der Waals surface area (Å²) in [5, 5.41) is 2.97. The van der Waals surface area contributed by atoms with Gasteiger partial charge in [-0.05, 0) is 32.9 Å². The molecule has 0 spiro atoms. The lowest BCUT2D eigenvalue weighted by Gasteiger charge is -2.01. The summed E-state index contributed by atoms with van der Waals surface area (Å²) in [5.74, 6) is 0. The summed E-state index contributed by atoms with van der Waals surface area (Å²) < 4.78 is 6.11. The zero-order valence-electron chi connectivity index (χ0n) is 12.2. The number of benzene rings is 1. The summed E-state index contributed by atoms with van der Waals surface area (Å²) in [5.41, 5.74) is 2.55. The van der Waals surface area contributed by atoms with Gasteiger partial charge in [-0.15, -0.1) is 0 Å². The Labute approximate surface area is 122 Å². The van der Waals surface area contributed by atoms with Crippen LogP contribution in [0.15, 0.2) is 34.1 Å². The highest BCUT2D eigenvalue weighted by molar-refractivity contribution is 5.89. The smallest absolute Gasteiger partial charge is 0.433 e. The molecule has 0 aliphatic rings. The van der Waals surface area contributed by atoms with Gasteiger partial charge in [0.2, 0.25) is 0 Å². The van der Waals surface area contributed by atoms with Crippen LogP contribution >= 0.6 is 0 Å². The first-order valence-corrected chi connectivity index (χ1v) is 6.62. The third kappa shape index (κ3) is 3.28. The van der Waals surface area contributed by atoms with Crippen molar-refractivity contribution in [2.45, 2.75) is 20.8 Å². The zero-order chi connectivity index (χ0) is 15.4. The molecule has 6 nitrogen and oxygen atoms in total. The van der Waals surface area contributed by atoms with Gasteiger partial charge in [-0.3, -0.25) is 9.89 Å². The second-order valence-corrected chi connectivity index (χ2v) is 4.58. The number of carbonyl (C=O) groups excluding carboxylic acids is 1. The topological polar surface area (TPSA) is 76.4 Å². The number of aromatic nitrogens is 2. The highest BCUT2D eigenvalue weighted by atomic mass is 16.5. The predicted octanol–water partition coefficient (Wildman–Crippen LogP) is 2.36. The van der Waals surface area contributed by atoms with Crippen LogP contribution < -0.4 is 5.56 Å². The number of nitrogens with zero attached hydrogens (tertiary/aromatic N) is 2. The summed E-state index contributed by atoms with van der Waals surface area (Å²) >= 11 is 0. The summed E-state index contributed by atoms with van der Waals surface area (Å²) in [6.07, 6.45) is 0.524. The van der Waals surface area contributed by atoms with E-state index >= 15 is 0 Å². The number of aromatic amines is 1. The molecule has 1 amide bonds. The molecule has 21 heavy (non-hydrogen) atoms. The Bertz CT molecular complexity index is 724. The lowest BCUT2D eigenvalue weighted by Crippen LogP contribution is -2.17. The molecule has 0 radical (unpaired) electrons. The first kappa shape index (κ1) is 14.8. The van der Waals surface area contributed by atoms with E-state index in [2.05, 4.69) is 10.1 Å². The molecular weight excluding hydrogens is 270 g/mol. The monoisotopic (exact) mass is 287 g/mol. The molecule has 0 aliphatic heterocycles. The Hall–Kier alpha value is -2.63.